The van der Waals surface area contributed by atoms with Crippen LogP contribution in [0.4, 0.5) is 13.2 Å². The zero-order chi connectivity index (χ0) is 14.9. The van der Waals surface area contributed by atoms with Gasteiger partial charge in [0.1, 0.15) is 4.88 Å². The van der Waals surface area contributed by atoms with Gasteiger partial charge in [0.15, 0.2) is 5.69 Å². The van der Waals surface area contributed by atoms with Crippen LogP contribution in [0.2, 0.25) is 0 Å². The molecule has 20 heavy (non-hydrogen) atoms. The van der Waals surface area contributed by atoms with Crippen LogP contribution in [0.15, 0.2) is 5.51 Å². The number of thiazole rings is 1. The number of hydrogen-bond acceptors (Lipinski definition) is 4. The van der Waals surface area contributed by atoms with Crippen LogP contribution in [0.5, 0.6) is 0 Å². The lowest BCUT2D eigenvalue weighted by atomic mass is 10.3. The second kappa shape index (κ2) is 5.69. The number of nitrogens with zero attached hydrogens (tertiary/aromatic N) is 3. The fraction of sp³-hybridized carbons (Fsp3) is 0.667. The third kappa shape index (κ3) is 3.49. The van der Waals surface area contributed by atoms with Gasteiger partial charge in [0, 0.05) is 26.2 Å². The molecule has 1 heterocycles. The number of hydrogen-bond donors (Lipinski definition) is 0. The van der Waals surface area contributed by atoms with Crippen molar-refractivity contribution in [3.05, 3.63) is 16.1 Å². The number of amides is 1. The summed E-state index contributed by atoms with van der Waals surface area (Å²) >= 11 is 0.730. The van der Waals surface area contributed by atoms with Crippen molar-refractivity contribution >= 4 is 17.2 Å². The van der Waals surface area contributed by atoms with Gasteiger partial charge in [-0.2, -0.15) is 13.2 Å². The Balaban J connectivity index is 1.97. The Morgan fingerprint density at radius 2 is 2.05 bits per heavy atom. The van der Waals surface area contributed by atoms with Gasteiger partial charge in [-0.25, -0.2) is 4.98 Å². The van der Waals surface area contributed by atoms with E-state index in [4.69, 9.17) is 0 Å². The number of likely N-dealkylation sites (N-methyl/N-ethyl adjacent to an activating group) is 2. The van der Waals surface area contributed by atoms with Crippen LogP contribution in [0.25, 0.3) is 0 Å². The molecule has 0 N–H and O–H groups in total. The average molecular weight is 307 g/mol. The molecule has 4 nitrogen and oxygen atoms in total. The molecule has 0 atom stereocenters. The molecule has 0 bridgehead atoms. The van der Waals surface area contributed by atoms with Crippen molar-refractivity contribution in [1.82, 2.24) is 14.8 Å². The Bertz CT molecular complexity index is 485. The Morgan fingerprint density at radius 1 is 1.40 bits per heavy atom. The third-order valence-corrected chi connectivity index (χ3v) is 4.15. The topological polar surface area (TPSA) is 36.4 Å². The van der Waals surface area contributed by atoms with Crippen molar-refractivity contribution in [3.8, 4) is 0 Å². The zero-order valence-electron chi connectivity index (χ0n) is 11.3. The minimum Gasteiger partial charge on any atom is -0.340 e. The van der Waals surface area contributed by atoms with E-state index in [1.165, 1.54) is 11.9 Å². The normalized spacial score (nSPS) is 15.7. The second-order valence-electron chi connectivity index (χ2n) is 4.97. The van der Waals surface area contributed by atoms with Crippen molar-refractivity contribution < 1.29 is 18.0 Å². The molecule has 1 aliphatic rings. The molecule has 8 heteroatoms. The largest absolute Gasteiger partial charge is 0.434 e. The summed E-state index contributed by atoms with van der Waals surface area (Å²) in [6.07, 6.45) is -2.28. The number of carbonyl (C=O) groups is 1. The van der Waals surface area contributed by atoms with E-state index in [2.05, 4.69) is 9.88 Å². The summed E-state index contributed by atoms with van der Waals surface area (Å²) in [5.74, 6) is -0.621. The van der Waals surface area contributed by atoms with Crippen LogP contribution in [-0.4, -0.2) is 53.9 Å². The van der Waals surface area contributed by atoms with Crippen LogP contribution in [0, 0.1) is 0 Å². The van der Waals surface area contributed by atoms with Gasteiger partial charge in [0.25, 0.3) is 5.91 Å². The first-order valence-corrected chi connectivity index (χ1v) is 7.15. The fourth-order valence-corrected chi connectivity index (χ4v) is 2.68. The van der Waals surface area contributed by atoms with E-state index in [-0.39, 0.29) is 4.88 Å². The monoisotopic (exact) mass is 307 g/mol. The van der Waals surface area contributed by atoms with Crippen molar-refractivity contribution in [1.29, 1.82) is 0 Å². The SMILES string of the molecule is CN(CCN(C)C1CC1)C(=O)c1scnc1C(F)(F)F. The van der Waals surface area contributed by atoms with Crippen LogP contribution in [0.3, 0.4) is 0 Å². The van der Waals surface area contributed by atoms with Crippen molar-refractivity contribution in [2.24, 2.45) is 0 Å². The average Bonchev–Trinajstić information content (AvgIpc) is 3.09. The summed E-state index contributed by atoms with van der Waals surface area (Å²) in [5, 5.41) is 0. The maximum atomic E-state index is 12.7. The van der Waals surface area contributed by atoms with E-state index in [1.807, 2.05) is 7.05 Å². The quantitative estimate of drug-likeness (QED) is 0.838. The lowest BCUT2D eigenvalue weighted by Crippen LogP contribution is -2.36. The summed E-state index contributed by atoms with van der Waals surface area (Å²) in [4.78, 5) is 18.4. The highest BCUT2D eigenvalue weighted by Crippen LogP contribution is 2.33. The molecule has 1 amide bonds. The van der Waals surface area contributed by atoms with E-state index in [1.54, 1.807) is 0 Å². The van der Waals surface area contributed by atoms with E-state index < -0.39 is 17.8 Å². The van der Waals surface area contributed by atoms with Gasteiger partial charge in [0.05, 0.1) is 5.51 Å². The van der Waals surface area contributed by atoms with Crippen molar-refractivity contribution in [3.63, 3.8) is 0 Å². The molecule has 1 aliphatic carbocycles. The van der Waals surface area contributed by atoms with Gasteiger partial charge in [0.2, 0.25) is 0 Å². The number of alkyl halides is 3. The van der Waals surface area contributed by atoms with E-state index in [0.29, 0.717) is 19.1 Å². The maximum Gasteiger partial charge on any atom is 0.434 e. The second-order valence-corrected chi connectivity index (χ2v) is 5.82. The number of halogens is 3. The fourth-order valence-electron chi connectivity index (χ4n) is 1.88. The minimum absolute atomic E-state index is 0.339. The van der Waals surface area contributed by atoms with E-state index in [0.717, 1.165) is 29.7 Å². The summed E-state index contributed by atoms with van der Waals surface area (Å²) in [7, 11) is 3.48. The highest BCUT2D eigenvalue weighted by atomic mass is 32.1. The van der Waals surface area contributed by atoms with Crippen LogP contribution in [-0.2, 0) is 6.18 Å². The van der Waals surface area contributed by atoms with Gasteiger partial charge >= 0.3 is 6.18 Å². The first kappa shape index (κ1) is 15.2. The summed E-state index contributed by atoms with van der Waals surface area (Å²) < 4.78 is 38.1. The van der Waals surface area contributed by atoms with Gasteiger partial charge in [-0.15, -0.1) is 11.3 Å². The Hall–Kier alpha value is -1.15. The molecular formula is C12H16F3N3OS. The lowest BCUT2D eigenvalue weighted by Gasteiger charge is -2.22. The molecule has 1 saturated carbocycles. The molecule has 0 aliphatic heterocycles. The molecule has 0 aromatic carbocycles. The molecule has 0 radical (unpaired) electrons. The molecule has 1 fully saturated rings. The van der Waals surface area contributed by atoms with Crippen molar-refractivity contribution in [2.75, 3.05) is 27.2 Å². The number of rotatable bonds is 5. The zero-order valence-corrected chi connectivity index (χ0v) is 12.1. The van der Waals surface area contributed by atoms with Gasteiger partial charge in [-0.1, -0.05) is 0 Å². The molecule has 112 valence electrons. The maximum absolute atomic E-state index is 12.7. The van der Waals surface area contributed by atoms with Crippen molar-refractivity contribution in [2.45, 2.75) is 25.1 Å². The molecule has 1 aromatic rings. The molecule has 1 aromatic heterocycles. The van der Waals surface area contributed by atoms with Gasteiger partial charge in [-0.05, 0) is 19.9 Å². The summed E-state index contributed by atoms with van der Waals surface area (Å²) in [5.41, 5.74) is -0.0323. The van der Waals surface area contributed by atoms with Crippen LogP contribution >= 0.6 is 11.3 Å². The molecule has 0 saturated heterocycles. The summed E-state index contributed by atoms with van der Waals surface area (Å²) in [6, 6.07) is 0.563. The predicted molar refractivity (Wildman–Crippen MR) is 69.7 cm³/mol. The first-order valence-electron chi connectivity index (χ1n) is 6.27. The molecule has 2 rings (SSSR count). The molecule has 0 spiro atoms. The molecule has 0 unspecified atom stereocenters. The molecular weight excluding hydrogens is 291 g/mol. The standard InChI is InChI=1S/C12H16F3N3OS/c1-17(8-3-4-8)5-6-18(2)11(19)9-10(12(13,14)15)16-7-20-9/h7-8H,3-6H2,1-2H3. The van der Waals surface area contributed by atoms with Crippen LogP contribution in [0.1, 0.15) is 28.2 Å². The smallest absolute Gasteiger partial charge is 0.340 e. The van der Waals surface area contributed by atoms with E-state index >= 15 is 0 Å². The van der Waals surface area contributed by atoms with Crippen LogP contribution < -0.4 is 0 Å². The Kier molecular flexibility index (Phi) is 4.33. The Morgan fingerprint density at radius 3 is 2.60 bits per heavy atom. The van der Waals surface area contributed by atoms with E-state index in [9.17, 15) is 18.0 Å². The lowest BCUT2D eigenvalue weighted by molar-refractivity contribution is -0.141. The summed E-state index contributed by atoms with van der Waals surface area (Å²) in [6.45, 7) is 1.06. The minimum atomic E-state index is -4.59. The van der Waals surface area contributed by atoms with Gasteiger partial charge in [-0.3, -0.25) is 4.79 Å². The highest BCUT2D eigenvalue weighted by molar-refractivity contribution is 7.11. The predicted octanol–water partition coefficient (Wildman–Crippen LogP) is 2.33. The number of aromatic nitrogens is 1. The van der Waals surface area contributed by atoms with Gasteiger partial charge < -0.3 is 9.80 Å². The first-order chi connectivity index (χ1) is 9.30. The number of carbonyl (C=O) groups excluding carboxylic acids is 1. The Labute approximate surface area is 119 Å². The third-order valence-electron chi connectivity index (χ3n) is 3.34. The highest BCUT2D eigenvalue weighted by Gasteiger charge is 2.39.